The summed E-state index contributed by atoms with van der Waals surface area (Å²) in [5.74, 6) is 0.503. The summed E-state index contributed by atoms with van der Waals surface area (Å²) in [5.41, 5.74) is 5.70. The van der Waals surface area contributed by atoms with Gasteiger partial charge >= 0.3 is 0 Å². The largest absolute Gasteiger partial charge is 0.0732 e. The van der Waals surface area contributed by atoms with E-state index in [9.17, 15) is 0 Å². The summed E-state index contributed by atoms with van der Waals surface area (Å²) in [7, 11) is 0. The second kappa shape index (κ2) is 3.45. The molecule has 0 saturated heterocycles. The van der Waals surface area contributed by atoms with Gasteiger partial charge in [0.2, 0.25) is 0 Å². The molecule has 0 fully saturated rings. The van der Waals surface area contributed by atoms with Crippen molar-refractivity contribution < 1.29 is 0 Å². The van der Waals surface area contributed by atoms with E-state index in [2.05, 4.69) is 57.2 Å². The van der Waals surface area contributed by atoms with Crippen molar-refractivity contribution in [1.29, 1.82) is 0 Å². The quantitative estimate of drug-likeness (QED) is 0.579. The normalized spacial score (nSPS) is 20.4. The molecule has 0 nitrogen and oxygen atoms in total. The van der Waals surface area contributed by atoms with Gasteiger partial charge in [0, 0.05) is 5.92 Å². The van der Waals surface area contributed by atoms with E-state index >= 15 is 0 Å². The minimum absolute atomic E-state index is 0.503. The van der Waals surface area contributed by atoms with E-state index < -0.39 is 0 Å². The predicted molar refractivity (Wildman–Crippen MR) is 62.0 cm³/mol. The fourth-order valence-corrected chi connectivity index (χ4v) is 2.12. The maximum absolute atomic E-state index is 2.25. The lowest BCUT2D eigenvalue weighted by Gasteiger charge is -2.08. The molecule has 0 amide bonds. The highest BCUT2D eigenvalue weighted by Crippen LogP contribution is 2.33. The molecule has 0 aromatic carbocycles. The highest BCUT2D eigenvalue weighted by Gasteiger charge is 2.17. The SMILES string of the molecule is CC(C)=C1C=CC(C2C=CC=C2)=C1C. The molecule has 0 radical (unpaired) electrons. The van der Waals surface area contributed by atoms with E-state index in [1.165, 1.54) is 22.3 Å². The highest BCUT2D eigenvalue weighted by molar-refractivity contribution is 5.57. The molecule has 0 spiro atoms. The molecule has 2 aliphatic carbocycles. The Hall–Kier alpha value is -1.30. The first-order chi connectivity index (χ1) is 6.70. The summed E-state index contributed by atoms with van der Waals surface area (Å²) >= 11 is 0. The first-order valence-electron chi connectivity index (χ1n) is 5.12. The van der Waals surface area contributed by atoms with Crippen molar-refractivity contribution in [3.63, 3.8) is 0 Å². The third-order valence-electron chi connectivity index (χ3n) is 2.91. The second-order valence-corrected chi connectivity index (χ2v) is 4.12. The van der Waals surface area contributed by atoms with E-state index in [-0.39, 0.29) is 0 Å². The summed E-state index contributed by atoms with van der Waals surface area (Å²) in [6, 6.07) is 0. The molecule has 0 bridgehead atoms. The van der Waals surface area contributed by atoms with Gasteiger partial charge in [-0.2, -0.15) is 0 Å². The van der Waals surface area contributed by atoms with Crippen molar-refractivity contribution in [3.8, 4) is 0 Å². The highest BCUT2D eigenvalue weighted by atomic mass is 14.2. The van der Waals surface area contributed by atoms with Gasteiger partial charge in [0.25, 0.3) is 0 Å². The molecule has 0 unspecified atom stereocenters. The van der Waals surface area contributed by atoms with E-state index in [1.807, 2.05) is 0 Å². The van der Waals surface area contributed by atoms with E-state index in [0.29, 0.717) is 5.92 Å². The van der Waals surface area contributed by atoms with Crippen molar-refractivity contribution in [2.45, 2.75) is 20.8 Å². The van der Waals surface area contributed by atoms with E-state index in [4.69, 9.17) is 0 Å². The van der Waals surface area contributed by atoms with Crippen LogP contribution in [0.1, 0.15) is 20.8 Å². The number of rotatable bonds is 1. The topological polar surface area (TPSA) is 0 Å². The van der Waals surface area contributed by atoms with Gasteiger partial charge in [0.05, 0.1) is 0 Å². The molecular weight excluding hydrogens is 168 g/mol. The lowest BCUT2D eigenvalue weighted by Crippen LogP contribution is -1.94. The van der Waals surface area contributed by atoms with Crippen molar-refractivity contribution in [2.24, 2.45) is 5.92 Å². The smallest absolute Gasteiger partial charge is 0.0207 e. The molecule has 0 heteroatoms. The van der Waals surface area contributed by atoms with Crippen molar-refractivity contribution in [1.82, 2.24) is 0 Å². The molecule has 0 heterocycles. The van der Waals surface area contributed by atoms with Crippen LogP contribution in [0.3, 0.4) is 0 Å². The zero-order chi connectivity index (χ0) is 10.1. The van der Waals surface area contributed by atoms with Crippen LogP contribution in [0, 0.1) is 5.92 Å². The molecule has 0 saturated carbocycles. The average molecular weight is 184 g/mol. The number of hydrogen-bond donors (Lipinski definition) is 0. The third kappa shape index (κ3) is 1.41. The Balaban J connectivity index is 2.39. The van der Waals surface area contributed by atoms with Crippen molar-refractivity contribution in [2.75, 3.05) is 0 Å². The van der Waals surface area contributed by atoms with Crippen LogP contribution in [0.5, 0.6) is 0 Å². The monoisotopic (exact) mass is 184 g/mol. The molecule has 2 aliphatic rings. The Morgan fingerprint density at radius 2 is 1.71 bits per heavy atom. The molecule has 72 valence electrons. The predicted octanol–water partition coefficient (Wildman–Crippen LogP) is 3.95. The summed E-state index contributed by atoms with van der Waals surface area (Å²) in [4.78, 5) is 0. The Kier molecular flexibility index (Phi) is 2.28. The van der Waals surface area contributed by atoms with E-state index in [0.717, 1.165) is 0 Å². The number of allylic oxidation sites excluding steroid dienone is 10. The van der Waals surface area contributed by atoms with Crippen molar-refractivity contribution >= 4 is 0 Å². The lowest BCUT2D eigenvalue weighted by molar-refractivity contribution is 1.01. The summed E-state index contributed by atoms with van der Waals surface area (Å²) in [5, 5.41) is 0. The minimum atomic E-state index is 0.503. The molecule has 0 N–H and O–H groups in total. The van der Waals surface area contributed by atoms with Crippen LogP contribution >= 0.6 is 0 Å². The standard InChI is InChI=1S/C14H16/c1-10(2)13-8-9-14(11(13)3)12-6-4-5-7-12/h4-9,12H,1-3H3. The van der Waals surface area contributed by atoms with Crippen molar-refractivity contribution in [3.05, 3.63) is 58.7 Å². The lowest BCUT2D eigenvalue weighted by atomic mass is 9.96. The van der Waals surface area contributed by atoms with Gasteiger partial charge in [-0.15, -0.1) is 0 Å². The molecule has 0 atom stereocenters. The van der Waals surface area contributed by atoms with Crippen LogP contribution in [0.15, 0.2) is 58.7 Å². The maximum atomic E-state index is 2.25. The van der Waals surface area contributed by atoms with Crippen LogP contribution in [0.2, 0.25) is 0 Å². The Labute approximate surface area is 86.0 Å². The summed E-state index contributed by atoms with van der Waals surface area (Å²) in [6.07, 6.45) is 13.2. The van der Waals surface area contributed by atoms with Gasteiger partial charge in [0.15, 0.2) is 0 Å². The van der Waals surface area contributed by atoms with Crippen LogP contribution in [-0.2, 0) is 0 Å². The van der Waals surface area contributed by atoms with Crippen LogP contribution in [0.25, 0.3) is 0 Å². The molecule has 0 aromatic rings. The zero-order valence-electron chi connectivity index (χ0n) is 9.04. The van der Waals surface area contributed by atoms with Gasteiger partial charge in [-0.05, 0) is 37.5 Å². The molecule has 14 heavy (non-hydrogen) atoms. The molecule has 0 aliphatic heterocycles. The van der Waals surface area contributed by atoms with Gasteiger partial charge in [-0.25, -0.2) is 0 Å². The minimum Gasteiger partial charge on any atom is -0.0732 e. The summed E-state index contributed by atoms with van der Waals surface area (Å²) < 4.78 is 0. The molecule has 0 aromatic heterocycles. The fourth-order valence-electron chi connectivity index (χ4n) is 2.12. The molecular formula is C14H16. The average Bonchev–Trinajstić information content (AvgIpc) is 2.71. The second-order valence-electron chi connectivity index (χ2n) is 4.12. The zero-order valence-corrected chi connectivity index (χ0v) is 9.04. The summed E-state index contributed by atoms with van der Waals surface area (Å²) in [6.45, 7) is 6.57. The van der Waals surface area contributed by atoms with Crippen LogP contribution in [0.4, 0.5) is 0 Å². The van der Waals surface area contributed by atoms with Gasteiger partial charge in [-0.1, -0.05) is 42.0 Å². The first kappa shape index (κ1) is 9.26. The third-order valence-corrected chi connectivity index (χ3v) is 2.91. The Bertz CT molecular complexity index is 382. The van der Waals surface area contributed by atoms with Gasteiger partial charge in [-0.3, -0.25) is 0 Å². The maximum Gasteiger partial charge on any atom is 0.0207 e. The first-order valence-corrected chi connectivity index (χ1v) is 5.12. The Morgan fingerprint density at radius 1 is 1.07 bits per heavy atom. The Morgan fingerprint density at radius 3 is 2.21 bits per heavy atom. The van der Waals surface area contributed by atoms with Gasteiger partial charge < -0.3 is 0 Å². The van der Waals surface area contributed by atoms with Crippen LogP contribution < -0.4 is 0 Å². The van der Waals surface area contributed by atoms with Gasteiger partial charge in [0.1, 0.15) is 0 Å². The number of hydrogen-bond acceptors (Lipinski definition) is 0. The molecule has 2 rings (SSSR count). The fraction of sp³-hybridized carbons (Fsp3) is 0.286. The van der Waals surface area contributed by atoms with Crippen LogP contribution in [-0.4, -0.2) is 0 Å². The van der Waals surface area contributed by atoms with E-state index in [1.54, 1.807) is 0 Å².